The second kappa shape index (κ2) is 4.19. The average Bonchev–Trinajstić information content (AvgIpc) is 2.16. The number of amides is 1. The van der Waals surface area contributed by atoms with Gasteiger partial charge in [-0.2, -0.15) is 0 Å². The topological polar surface area (TPSA) is 33.2 Å². The lowest BCUT2D eigenvalue weighted by Gasteiger charge is -2.38. The Bertz CT molecular complexity index is 375. The summed E-state index contributed by atoms with van der Waals surface area (Å²) in [6, 6.07) is 3.57. The highest BCUT2D eigenvalue weighted by Gasteiger charge is 2.30. The number of pyridine rings is 1. The molecule has 80 valence electrons. The molecule has 0 bridgehead atoms. The number of hydrogen-bond donors (Lipinski definition) is 0. The third kappa shape index (κ3) is 2.12. The second-order valence-electron chi connectivity index (χ2n) is 3.92. The molecule has 0 atom stereocenters. The first kappa shape index (κ1) is 10.4. The normalized spacial score (nSPS) is 16.3. The quantitative estimate of drug-likeness (QED) is 0.717. The Kier molecular flexibility index (Phi) is 2.91. The first-order valence-electron chi connectivity index (χ1n) is 4.98. The molecule has 1 fully saturated rings. The standard InChI is InChI=1S/C11H13ClN2O/c1-8-4-10(2-3-13-8)11(15)14-6-9(5-12)7-14/h2-4,9H,5-7H2,1H3. The van der Waals surface area contributed by atoms with Gasteiger partial charge in [0.25, 0.3) is 5.91 Å². The van der Waals surface area contributed by atoms with Gasteiger partial charge in [0.15, 0.2) is 0 Å². The van der Waals surface area contributed by atoms with Crippen LogP contribution >= 0.6 is 11.6 Å². The Morgan fingerprint density at radius 1 is 1.67 bits per heavy atom. The number of alkyl halides is 1. The van der Waals surface area contributed by atoms with Crippen LogP contribution < -0.4 is 0 Å². The van der Waals surface area contributed by atoms with E-state index >= 15 is 0 Å². The smallest absolute Gasteiger partial charge is 0.253 e. The van der Waals surface area contributed by atoms with Gasteiger partial charge in [-0.1, -0.05) is 0 Å². The second-order valence-corrected chi connectivity index (χ2v) is 4.22. The Morgan fingerprint density at radius 2 is 2.40 bits per heavy atom. The van der Waals surface area contributed by atoms with Crippen LogP contribution in [-0.2, 0) is 0 Å². The van der Waals surface area contributed by atoms with E-state index in [-0.39, 0.29) is 5.91 Å². The van der Waals surface area contributed by atoms with E-state index in [1.54, 1.807) is 12.3 Å². The van der Waals surface area contributed by atoms with Crippen LogP contribution in [0.2, 0.25) is 0 Å². The van der Waals surface area contributed by atoms with E-state index in [4.69, 9.17) is 11.6 Å². The maximum absolute atomic E-state index is 11.9. The zero-order valence-electron chi connectivity index (χ0n) is 8.61. The van der Waals surface area contributed by atoms with Crippen LogP contribution in [0, 0.1) is 12.8 Å². The summed E-state index contributed by atoms with van der Waals surface area (Å²) in [7, 11) is 0. The van der Waals surface area contributed by atoms with E-state index in [2.05, 4.69) is 4.98 Å². The van der Waals surface area contributed by atoms with Gasteiger partial charge in [-0.25, -0.2) is 0 Å². The van der Waals surface area contributed by atoms with Gasteiger partial charge < -0.3 is 4.90 Å². The number of halogens is 1. The zero-order chi connectivity index (χ0) is 10.8. The highest BCUT2D eigenvalue weighted by Crippen LogP contribution is 2.19. The Morgan fingerprint density at radius 3 is 3.00 bits per heavy atom. The summed E-state index contributed by atoms with van der Waals surface area (Å²) in [5, 5.41) is 0. The average molecular weight is 225 g/mol. The van der Waals surface area contributed by atoms with Crippen molar-refractivity contribution in [2.75, 3.05) is 19.0 Å². The Labute approximate surface area is 94.1 Å². The number of aryl methyl sites for hydroxylation is 1. The number of aromatic nitrogens is 1. The number of likely N-dealkylation sites (tertiary alicyclic amines) is 1. The van der Waals surface area contributed by atoms with Crippen molar-refractivity contribution in [2.24, 2.45) is 5.92 Å². The molecule has 0 aromatic carbocycles. The van der Waals surface area contributed by atoms with Crippen molar-refractivity contribution < 1.29 is 4.79 Å². The molecule has 0 spiro atoms. The predicted octanol–water partition coefficient (Wildman–Crippen LogP) is 1.70. The lowest BCUT2D eigenvalue weighted by molar-refractivity contribution is 0.0535. The molecule has 0 aliphatic carbocycles. The Balaban J connectivity index is 2.03. The van der Waals surface area contributed by atoms with Crippen LogP contribution in [0.25, 0.3) is 0 Å². The molecule has 0 saturated carbocycles. The van der Waals surface area contributed by atoms with E-state index < -0.39 is 0 Å². The number of hydrogen-bond acceptors (Lipinski definition) is 2. The minimum absolute atomic E-state index is 0.0851. The van der Waals surface area contributed by atoms with Gasteiger partial charge in [0.2, 0.25) is 0 Å². The van der Waals surface area contributed by atoms with Crippen LogP contribution in [0.5, 0.6) is 0 Å². The highest BCUT2D eigenvalue weighted by atomic mass is 35.5. The van der Waals surface area contributed by atoms with E-state index in [0.717, 1.165) is 24.3 Å². The highest BCUT2D eigenvalue weighted by molar-refractivity contribution is 6.18. The van der Waals surface area contributed by atoms with Crippen molar-refractivity contribution in [2.45, 2.75) is 6.92 Å². The maximum atomic E-state index is 11.9. The van der Waals surface area contributed by atoms with Crippen LogP contribution in [0.1, 0.15) is 16.1 Å². The van der Waals surface area contributed by atoms with Crippen molar-refractivity contribution in [1.29, 1.82) is 0 Å². The molecular formula is C11H13ClN2O. The van der Waals surface area contributed by atoms with E-state index in [1.165, 1.54) is 0 Å². The molecule has 1 aliphatic rings. The molecule has 1 aromatic rings. The number of rotatable bonds is 2. The van der Waals surface area contributed by atoms with E-state index in [0.29, 0.717) is 11.8 Å². The summed E-state index contributed by atoms with van der Waals surface area (Å²) < 4.78 is 0. The maximum Gasteiger partial charge on any atom is 0.253 e. The molecule has 1 amide bonds. The SMILES string of the molecule is Cc1cc(C(=O)N2CC(CCl)C2)ccn1. The fourth-order valence-electron chi connectivity index (χ4n) is 1.69. The lowest BCUT2D eigenvalue weighted by Crippen LogP contribution is -2.50. The lowest BCUT2D eigenvalue weighted by atomic mass is 10.0. The van der Waals surface area contributed by atoms with Crippen LogP contribution in [0.15, 0.2) is 18.3 Å². The van der Waals surface area contributed by atoms with Crippen molar-refractivity contribution >= 4 is 17.5 Å². The number of carbonyl (C=O) groups is 1. The molecule has 15 heavy (non-hydrogen) atoms. The minimum Gasteiger partial charge on any atom is -0.338 e. The van der Waals surface area contributed by atoms with Gasteiger partial charge in [-0.15, -0.1) is 11.6 Å². The third-order valence-corrected chi connectivity index (χ3v) is 3.04. The monoisotopic (exact) mass is 224 g/mol. The van der Waals surface area contributed by atoms with E-state index in [1.807, 2.05) is 17.9 Å². The van der Waals surface area contributed by atoms with Gasteiger partial charge in [-0.3, -0.25) is 9.78 Å². The van der Waals surface area contributed by atoms with Crippen LogP contribution in [0.4, 0.5) is 0 Å². The Hall–Kier alpha value is -1.09. The first-order valence-corrected chi connectivity index (χ1v) is 5.52. The van der Waals surface area contributed by atoms with Crippen molar-refractivity contribution in [1.82, 2.24) is 9.88 Å². The molecule has 0 unspecified atom stereocenters. The molecule has 2 heterocycles. The molecule has 1 saturated heterocycles. The van der Waals surface area contributed by atoms with Gasteiger partial charge in [0.05, 0.1) is 0 Å². The molecule has 2 rings (SSSR count). The molecule has 4 heteroatoms. The van der Waals surface area contributed by atoms with Gasteiger partial charge >= 0.3 is 0 Å². The predicted molar refractivity (Wildman–Crippen MR) is 59.1 cm³/mol. The van der Waals surface area contributed by atoms with Crippen LogP contribution in [-0.4, -0.2) is 34.8 Å². The van der Waals surface area contributed by atoms with Crippen molar-refractivity contribution in [3.63, 3.8) is 0 Å². The zero-order valence-corrected chi connectivity index (χ0v) is 9.37. The summed E-state index contributed by atoms with van der Waals surface area (Å²) in [6.07, 6.45) is 1.67. The summed E-state index contributed by atoms with van der Waals surface area (Å²) in [4.78, 5) is 17.8. The summed E-state index contributed by atoms with van der Waals surface area (Å²) in [5.41, 5.74) is 1.59. The fourth-order valence-corrected chi connectivity index (χ4v) is 1.89. The molecule has 0 radical (unpaired) electrons. The largest absolute Gasteiger partial charge is 0.338 e. The van der Waals surface area contributed by atoms with Gasteiger partial charge in [0, 0.05) is 42.3 Å². The van der Waals surface area contributed by atoms with Crippen molar-refractivity contribution in [3.8, 4) is 0 Å². The third-order valence-electron chi connectivity index (χ3n) is 2.61. The molecule has 1 aliphatic heterocycles. The summed E-state index contributed by atoms with van der Waals surface area (Å²) >= 11 is 5.70. The van der Waals surface area contributed by atoms with Gasteiger partial charge in [0.1, 0.15) is 0 Å². The molecule has 0 N–H and O–H groups in total. The van der Waals surface area contributed by atoms with E-state index in [9.17, 15) is 4.79 Å². The fraction of sp³-hybridized carbons (Fsp3) is 0.455. The molecular weight excluding hydrogens is 212 g/mol. The summed E-state index contributed by atoms with van der Waals surface area (Å²) in [5.74, 6) is 1.19. The van der Waals surface area contributed by atoms with Crippen molar-refractivity contribution in [3.05, 3.63) is 29.6 Å². The molecule has 3 nitrogen and oxygen atoms in total. The summed E-state index contributed by atoms with van der Waals surface area (Å²) in [6.45, 7) is 3.45. The molecule has 1 aromatic heterocycles. The number of carbonyl (C=O) groups excluding carboxylic acids is 1. The van der Waals surface area contributed by atoms with Crippen LogP contribution in [0.3, 0.4) is 0 Å². The first-order chi connectivity index (χ1) is 7.20. The van der Waals surface area contributed by atoms with Gasteiger partial charge in [-0.05, 0) is 19.1 Å². The number of nitrogens with zero attached hydrogens (tertiary/aromatic N) is 2. The minimum atomic E-state index is 0.0851.